The molecule has 0 unspecified atom stereocenters. The van der Waals surface area contributed by atoms with Crippen LogP contribution in [0, 0.1) is 12.3 Å². The maximum Gasteiger partial charge on any atom is 0.321 e. The third-order valence-corrected chi connectivity index (χ3v) is 4.66. The van der Waals surface area contributed by atoms with Gasteiger partial charge in [-0.1, -0.05) is 36.3 Å². The van der Waals surface area contributed by atoms with Crippen LogP contribution in [-0.2, 0) is 11.3 Å². The second-order valence-corrected chi connectivity index (χ2v) is 6.81. The minimum absolute atomic E-state index is 0.0836. The fourth-order valence-corrected chi connectivity index (χ4v) is 3.10. The van der Waals surface area contributed by atoms with E-state index in [1.54, 1.807) is 0 Å². The van der Waals surface area contributed by atoms with Gasteiger partial charge in [-0.15, -0.1) is 6.42 Å². The van der Waals surface area contributed by atoms with E-state index in [2.05, 4.69) is 16.1 Å². The zero-order valence-corrected chi connectivity index (χ0v) is 16.5. The van der Waals surface area contributed by atoms with Crippen molar-refractivity contribution in [2.45, 2.75) is 6.61 Å². The Hall–Kier alpha value is -3.01. The number of anilines is 1. The third-order valence-electron chi connectivity index (χ3n) is 4.66. The zero-order chi connectivity index (χ0) is 20.3. The molecule has 1 saturated heterocycles. The van der Waals surface area contributed by atoms with Gasteiger partial charge in [0.25, 0.3) is 0 Å². The molecule has 2 aromatic rings. The highest BCUT2D eigenvalue weighted by Crippen LogP contribution is 2.14. The Labute approximate surface area is 172 Å². The standard InChI is InChI=1S/C23H27N3O3/c1-2-11-25-12-14-26(15-13-25)23(27)24-21-8-6-7-20(18-21)19-28-16-17-29-22-9-4-3-5-10-22/h1,3-10,18H,11-17,19H2,(H,24,27). The molecule has 0 bridgehead atoms. The molecular formula is C23H27N3O3. The lowest BCUT2D eigenvalue weighted by molar-refractivity contribution is 0.0889. The van der Waals surface area contributed by atoms with Gasteiger partial charge in [0.2, 0.25) is 0 Å². The van der Waals surface area contributed by atoms with Gasteiger partial charge in [-0.3, -0.25) is 4.90 Å². The molecule has 1 N–H and O–H groups in total. The molecule has 6 heteroatoms. The predicted molar refractivity (Wildman–Crippen MR) is 114 cm³/mol. The highest BCUT2D eigenvalue weighted by atomic mass is 16.5. The first-order valence-electron chi connectivity index (χ1n) is 9.81. The number of carbonyl (C=O) groups excluding carboxylic acids is 1. The van der Waals surface area contributed by atoms with Crippen molar-refractivity contribution in [1.82, 2.24) is 9.80 Å². The van der Waals surface area contributed by atoms with Crippen LogP contribution in [0.25, 0.3) is 0 Å². The first-order chi connectivity index (χ1) is 14.2. The summed E-state index contributed by atoms with van der Waals surface area (Å²) in [5.74, 6) is 3.48. The monoisotopic (exact) mass is 393 g/mol. The number of ether oxygens (including phenoxy) is 2. The average Bonchev–Trinajstić information content (AvgIpc) is 2.75. The summed E-state index contributed by atoms with van der Waals surface area (Å²) in [4.78, 5) is 16.5. The van der Waals surface area contributed by atoms with Gasteiger partial charge in [-0.05, 0) is 29.8 Å². The third kappa shape index (κ3) is 6.83. The van der Waals surface area contributed by atoms with Crippen molar-refractivity contribution in [3.8, 4) is 18.1 Å². The number of nitrogens with one attached hydrogen (secondary N) is 1. The summed E-state index contributed by atoms with van der Waals surface area (Å²) in [6.45, 7) is 5.04. The van der Waals surface area contributed by atoms with Crippen LogP contribution in [0.2, 0.25) is 0 Å². The maximum atomic E-state index is 12.5. The molecule has 29 heavy (non-hydrogen) atoms. The van der Waals surface area contributed by atoms with Crippen LogP contribution in [0.4, 0.5) is 10.5 Å². The Morgan fingerprint density at radius 1 is 1.03 bits per heavy atom. The Bertz CT molecular complexity index is 812. The zero-order valence-electron chi connectivity index (χ0n) is 16.5. The average molecular weight is 393 g/mol. The largest absolute Gasteiger partial charge is 0.491 e. The molecule has 1 aliphatic heterocycles. The Balaban J connectivity index is 1.39. The number of hydrogen-bond donors (Lipinski definition) is 1. The molecule has 0 aromatic heterocycles. The molecule has 6 nitrogen and oxygen atoms in total. The van der Waals surface area contributed by atoms with Crippen molar-refractivity contribution in [3.63, 3.8) is 0 Å². The summed E-state index contributed by atoms with van der Waals surface area (Å²) in [5, 5.41) is 2.97. The number of piperazine rings is 1. The summed E-state index contributed by atoms with van der Waals surface area (Å²) in [5.41, 5.74) is 1.77. The summed E-state index contributed by atoms with van der Waals surface area (Å²) >= 11 is 0. The smallest absolute Gasteiger partial charge is 0.321 e. The molecule has 1 heterocycles. The van der Waals surface area contributed by atoms with Gasteiger partial charge in [0, 0.05) is 31.9 Å². The Morgan fingerprint density at radius 3 is 2.59 bits per heavy atom. The topological polar surface area (TPSA) is 54.0 Å². The molecule has 0 atom stereocenters. The lowest BCUT2D eigenvalue weighted by atomic mass is 10.2. The minimum atomic E-state index is -0.0836. The fourth-order valence-electron chi connectivity index (χ4n) is 3.10. The van der Waals surface area contributed by atoms with E-state index in [1.807, 2.05) is 59.5 Å². The van der Waals surface area contributed by atoms with E-state index >= 15 is 0 Å². The van der Waals surface area contributed by atoms with Gasteiger partial charge in [0.1, 0.15) is 12.4 Å². The van der Waals surface area contributed by atoms with E-state index < -0.39 is 0 Å². The Morgan fingerprint density at radius 2 is 1.83 bits per heavy atom. The van der Waals surface area contributed by atoms with Crippen LogP contribution < -0.4 is 10.1 Å². The molecule has 3 rings (SSSR count). The molecule has 1 aliphatic rings. The number of carbonyl (C=O) groups is 1. The van der Waals surface area contributed by atoms with Crippen molar-refractivity contribution in [3.05, 3.63) is 60.2 Å². The quantitative estimate of drug-likeness (QED) is 0.553. The summed E-state index contributed by atoms with van der Waals surface area (Å²) in [6, 6.07) is 17.3. The SMILES string of the molecule is C#CCN1CCN(C(=O)Nc2cccc(COCCOc3ccccc3)c2)CC1. The number of nitrogens with zero attached hydrogens (tertiary/aromatic N) is 2. The normalized spacial score (nSPS) is 14.2. The first kappa shape index (κ1) is 20.7. The first-order valence-corrected chi connectivity index (χ1v) is 9.81. The molecule has 1 fully saturated rings. The summed E-state index contributed by atoms with van der Waals surface area (Å²) in [7, 11) is 0. The molecular weight excluding hydrogens is 366 g/mol. The van der Waals surface area contributed by atoms with Crippen molar-refractivity contribution >= 4 is 11.7 Å². The number of hydrogen-bond acceptors (Lipinski definition) is 4. The van der Waals surface area contributed by atoms with E-state index in [1.165, 1.54) is 0 Å². The van der Waals surface area contributed by atoms with Gasteiger partial charge < -0.3 is 19.7 Å². The highest BCUT2D eigenvalue weighted by molar-refractivity contribution is 5.89. The van der Waals surface area contributed by atoms with Crippen LogP contribution in [-0.4, -0.2) is 61.8 Å². The molecule has 152 valence electrons. The number of benzene rings is 2. The van der Waals surface area contributed by atoms with Crippen molar-refractivity contribution < 1.29 is 14.3 Å². The molecule has 0 saturated carbocycles. The van der Waals surface area contributed by atoms with Crippen molar-refractivity contribution in [2.75, 3.05) is 51.3 Å². The molecule has 0 aliphatic carbocycles. The van der Waals surface area contributed by atoms with Gasteiger partial charge in [0.15, 0.2) is 0 Å². The van der Waals surface area contributed by atoms with Crippen LogP contribution >= 0.6 is 0 Å². The summed E-state index contributed by atoms with van der Waals surface area (Å²) in [6.07, 6.45) is 5.35. The number of terminal acetylenes is 1. The second kappa shape index (κ2) is 11.1. The van der Waals surface area contributed by atoms with Crippen LogP contribution in [0.1, 0.15) is 5.56 Å². The lowest BCUT2D eigenvalue weighted by Crippen LogP contribution is -2.50. The van der Waals surface area contributed by atoms with Gasteiger partial charge in [-0.2, -0.15) is 0 Å². The molecule has 0 spiro atoms. The number of amides is 2. The summed E-state index contributed by atoms with van der Waals surface area (Å²) < 4.78 is 11.3. The van der Waals surface area contributed by atoms with Gasteiger partial charge >= 0.3 is 6.03 Å². The van der Waals surface area contributed by atoms with Crippen molar-refractivity contribution in [2.24, 2.45) is 0 Å². The van der Waals surface area contributed by atoms with Crippen LogP contribution in [0.5, 0.6) is 5.75 Å². The minimum Gasteiger partial charge on any atom is -0.491 e. The Kier molecular flexibility index (Phi) is 7.93. The van der Waals surface area contributed by atoms with E-state index in [-0.39, 0.29) is 6.03 Å². The fraction of sp³-hybridized carbons (Fsp3) is 0.348. The van der Waals surface area contributed by atoms with E-state index in [0.717, 1.165) is 30.1 Å². The second-order valence-electron chi connectivity index (χ2n) is 6.81. The van der Waals surface area contributed by atoms with Crippen molar-refractivity contribution in [1.29, 1.82) is 0 Å². The van der Waals surface area contributed by atoms with E-state index in [9.17, 15) is 4.79 Å². The van der Waals surface area contributed by atoms with Crippen LogP contribution in [0.15, 0.2) is 54.6 Å². The number of para-hydroxylation sites is 1. The van der Waals surface area contributed by atoms with E-state index in [4.69, 9.17) is 15.9 Å². The lowest BCUT2D eigenvalue weighted by Gasteiger charge is -2.33. The number of rotatable bonds is 8. The van der Waals surface area contributed by atoms with Gasteiger partial charge in [0.05, 0.1) is 19.8 Å². The highest BCUT2D eigenvalue weighted by Gasteiger charge is 2.20. The maximum absolute atomic E-state index is 12.5. The van der Waals surface area contributed by atoms with Gasteiger partial charge in [-0.25, -0.2) is 4.79 Å². The van der Waals surface area contributed by atoms with E-state index in [0.29, 0.717) is 39.5 Å². The van der Waals surface area contributed by atoms with Crippen LogP contribution in [0.3, 0.4) is 0 Å². The molecule has 2 amide bonds. The molecule has 2 aromatic carbocycles. The molecule has 0 radical (unpaired) electrons. The number of urea groups is 1. The predicted octanol–water partition coefficient (Wildman–Crippen LogP) is 3.06.